The zero-order valence-electron chi connectivity index (χ0n) is 11.5. The zero-order valence-corrected chi connectivity index (χ0v) is 13.1. The normalized spacial score (nSPS) is 10.1. The van der Waals surface area contributed by atoms with Gasteiger partial charge in [0.25, 0.3) is 0 Å². The van der Waals surface area contributed by atoms with E-state index in [1.807, 2.05) is 13.0 Å². The molecule has 1 aromatic heterocycles. The van der Waals surface area contributed by atoms with Crippen LogP contribution in [-0.2, 0) is 11.2 Å². The van der Waals surface area contributed by atoms with Gasteiger partial charge in [0.05, 0.1) is 11.6 Å². The lowest BCUT2D eigenvalue weighted by atomic mass is 10.2. The number of aromatic nitrogens is 2. The molecular formula is C14H14N4OS2. The molecule has 0 saturated carbocycles. The lowest BCUT2D eigenvalue weighted by Crippen LogP contribution is -2.12. The molecule has 0 saturated heterocycles. The van der Waals surface area contributed by atoms with Crippen LogP contribution in [-0.4, -0.2) is 21.0 Å². The molecule has 5 nitrogen and oxygen atoms in total. The molecule has 0 atom stereocenters. The molecule has 0 radical (unpaired) electrons. The standard InChI is InChI=1S/C14H14N4OS2/c1-2-12-17-14(21-18-12)20-8-7-13(19)16-11-5-3-10(9-15)4-6-11/h3-6H,2,7-8H2,1H3,(H,16,19). The first-order valence-corrected chi connectivity index (χ1v) is 8.22. The molecule has 0 aliphatic carbocycles. The van der Waals surface area contributed by atoms with E-state index in [0.717, 1.165) is 16.6 Å². The van der Waals surface area contributed by atoms with Crippen LogP contribution in [0.4, 0.5) is 5.69 Å². The Balaban J connectivity index is 1.75. The molecule has 0 spiro atoms. The summed E-state index contributed by atoms with van der Waals surface area (Å²) in [6.45, 7) is 2.02. The summed E-state index contributed by atoms with van der Waals surface area (Å²) < 4.78 is 5.10. The monoisotopic (exact) mass is 318 g/mol. The molecule has 1 aromatic carbocycles. The molecule has 1 heterocycles. The van der Waals surface area contributed by atoms with Crippen LogP contribution in [0.2, 0.25) is 0 Å². The molecule has 0 aliphatic heterocycles. The molecule has 0 aliphatic rings. The second-order valence-electron chi connectivity index (χ2n) is 4.17. The number of hydrogen-bond acceptors (Lipinski definition) is 6. The van der Waals surface area contributed by atoms with Crippen molar-refractivity contribution in [1.29, 1.82) is 5.26 Å². The number of benzene rings is 1. The molecule has 7 heteroatoms. The molecule has 2 aromatic rings. The Hall–Kier alpha value is -1.91. The summed E-state index contributed by atoms with van der Waals surface area (Å²) in [5.41, 5.74) is 1.28. The Kier molecular flexibility index (Phi) is 5.72. The van der Waals surface area contributed by atoms with E-state index >= 15 is 0 Å². The first kappa shape index (κ1) is 15.5. The molecular weight excluding hydrogens is 304 g/mol. The van der Waals surface area contributed by atoms with Crippen molar-refractivity contribution in [2.24, 2.45) is 0 Å². The zero-order chi connectivity index (χ0) is 15.1. The van der Waals surface area contributed by atoms with E-state index < -0.39 is 0 Å². The number of rotatable bonds is 6. The van der Waals surface area contributed by atoms with Gasteiger partial charge >= 0.3 is 0 Å². The van der Waals surface area contributed by atoms with Gasteiger partial charge < -0.3 is 5.32 Å². The number of anilines is 1. The van der Waals surface area contributed by atoms with E-state index in [2.05, 4.69) is 14.7 Å². The first-order valence-electron chi connectivity index (χ1n) is 6.46. The number of aryl methyl sites for hydroxylation is 1. The number of nitrogens with one attached hydrogen (secondary N) is 1. The van der Waals surface area contributed by atoms with Gasteiger partial charge in [-0.2, -0.15) is 9.64 Å². The van der Waals surface area contributed by atoms with Crippen molar-refractivity contribution in [3.05, 3.63) is 35.7 Å². The summed E-state index contributed by atoms with van der Waals surface area (Å²) in [5, 5.41) is 11.5. The third kappa shape index (κ3) is 4.85. The van der Waals surface area contributed by atoms with Gasteiger partial charge in [-0.1, -0.05) is 18.7 Å². The minimum absolute atomic E-state index is 0.0487. The second kappa shape index (κ2) is 7.76. The number of carbonyl (C=O) groups is 1. The fourth-order valence-corrected chi connectivity index (χ4v) is 3.23. The van der Waals surface area contributed by atoms with Gasteiger partial charge in [-0.3, -0.25) is 4.79 Å². The summed E-state index contributed by atoms with van der Waals surface area (Å²) >= 11 is 2.92. The third-order valence-electron chi connectivity index (χ3n) is 2.62. The van der Waals surface area contributed by atoms with Gasteiger partial charge in [-0.05, 0) is 35.8 Å². The van der Waals surface area contributed by atoms with Crippen molar-refractivity contribution in [2.75, 3.05) is 11.1 Å². The Labute approximate surface area is 131 Å². The number of thioether (sulfide) groups is 1. The van der Waals surface area contributed by atoms with Gasteiger partial charge in [0, 0.05) is 24.3 Å². The highest BCUT2D eigenvalue weighted by atomic mass is 32.2. The number of nitrogens with zero attached hydrogens (tertiary/aromatic N) is 3. The maximum Gasteiger partial charge on any atom is 0.225 e. The summed E-state index contributed by atoms with van der Waals surface area (Å²) in [7, 11) is 0. The molecule has 1 N–H and O–H groups in total. The minimum atomic E-state index is -0.0487. The lowest BCUT2D eigenvalue weighted by molar-refractivity contribution is -0.115. The van der Waals surface area contributed by atoms with Gasteiger partial charge in [0.2, 0.25) is 5.91 Å². The molecule has 0 fully saturated rings. The maximum absolute atomic E-state index is 11.8. The molecule has 1 amide bonds. The van der Waals surface area contributed by atoms with Crippen LogP contribution in [0.5, 0.6) is 0 Å². The highest BCUT2D eigenvalue weighted by molar-refractivity contribution is 8.00. The van der Waals surface area contributed by atoms with E-state index in [0.29, 0.717) is 23.4 Å². The van der Waals surface area contributed by atoms with Crippen molar-refractivity contribution >= 4 is 34.9 Å². The second-order valence-corrected chi connectivity index (χ2v) is 6.26. The highest BCUT2D eigenvalue weighted by Crippen LogP contribution is 2.21. The average molecular weight is 318 g/mol. The van der Waals surface area contributed by atoms with Crippen LogP contribution in [0.1, 0.15) is 24.7 Å². The molecule has 108 valence electrons. The quantitative estimate of drug-likeness (QED) is 0.828. The number of amides is 1. The van der Waals surface area contributed by atoms with Gasteiger partial charge in [-0.15, -0.1) is 0 Å². The van der Waals surface area contributed by atoms with Crippen LogP contribution >= 0.6 is 23.3 Å². The van der Waals surface area contributed by atoms with Crippen molar-refractivity contribution in [3.8, 4) is 6.07 Å². The summed E-state index contributed by atoms with van der Waals surface area (Å²) in [5.74, 6) is 1.47. The molecule has 2 rings (SSSR count). The van der Waals surface area contributed by atoms with Crippen LogP contribution in [0.15, 0.2) is 28.6 Å². The SMILES string of the molecule is CCc1nsc(SCCC(=O)Nc2ccc(C#N)cc2)n1. The first-order chi connectivity index (χ1) is 10.2. The fourth-order valence-electron chi connectivity index (χ4n) is 1.52. The molecule has 0 unspecified atom stereocenters. The predicted molar refractivity (Wildman–Crippen MR) is 84.4 cm³/mol. The molecule has 0 bridgehead atoms. The molecule has 21 heavy (non-hydrogen) atoms. The van der Waals surface area contributed by atoms with E-state index in [1.54, 1.807) is 36.0 Å². The average Bonchev–Trinajstić information content (AvgIpc) is 2.96. The lowest BCUT2D eigenvalue weighted by Gasteiger charge is -2.04. The maximum atomic E-state index is 11.8. The van der Waals surface area contributed by atoms with Crippen molar-refractivity contribution < 1.29 is 4.79 Å². The van der Waals surface area contributed by atoms with Crippen molar-refractivity contribution in [2.45, 2.75) is 24.1 Å². The predicted octanol–water partition coefficient (Wildman–Crippen LogP) is 3.09. The number of carbonyl (C=O) groups excluding carboxylic acids is 1. The highest BCUT2D eigenvalue weighted by Gasteiger charge is 2.06. The van der Waals surface area contributed by atoms with Crippen LogP contribution in [0, 0.1) is 11.3 Å². The summed E-state index contributed by atoms with van der Waals surface area (Å²) in [6, 6.07) is 8.84. The van der Waals surface area contributed by atoms with Crippen LogP contribution in [0.3, 0.4) is 0 Å². The van der Waals surface area contributed by atoms with E-state index in [1.165, 1.54) is 11.5 Å². The Morgan fingerprint density at radius 3 is 2.81 bits per heavy atom. The van der Waals surface area contributed by atoms with Crippen molar-refractivity contribution in [3.63, 3.8) is 0 Å². The van der Waals surface area contributed by atoms with Crippen LogP contribution < -0.4 is 5.32 Å². The van der Waals surface area contributed by atoms with E-state index in [4.69, 9.17) is 5.26 Å². The largest absolute Gasteiger partial charge is 0.326 e. The van der Waals surface area contributed by atoms with Crippen LogP contribution in [0.25, 0.3) is 0 Å². The third-order valence-corrected chi connectivity index (χ3v) is 4.49. The Morgan fingerprint density at radius 1 is 1.43 bits per heavy atom. The van der Waals surface area contributed by atoms with E-state index in [-0.39, 0.29) is 5.91 Å². The number of hydrogen-bond donors (Lipinski definition) is 1. The topological polar surface area (TPSA) is 78.7 Å². The van der Waals surface area contributed by atoms with E-state index in [9.17, 15) is 4.79 Å². The smallest absolute Gasteiger partial charge is 0.225 e. The summed E-state index contributed by atoms with van der Waals surface area (Å²) in [6.07, 6.45) is 1.24. The fraction of sp³-hybridized carbons (Fsp3) is 0.286. The van der Waals surface area contributed by atoms with Gasteiger partial charge in [0.1, 0.15) is 5.82 Å². The minimum Gasteiger partial charge on any atom is -0.326 e. The van der Waals surface area contributed by atoms with Gasteiger partial charge in [-0.25, -0.2) is 4.98 Å². The number of nitriles is 1. The summed E-state index contributed by atoms with van der Waals surface area (Å²) in [4.78, 5) is 16.1. The Morgan fingerprint density at radius 2 is 2.19 bits per heavy atom. The van der Waals surface area contributed by atoms with Crippen molar-refractivity contribution in [1.82, 2.24) is 9.36 Å². The Bertz CT molecular complexity index is 646. The van der Waals surface area contributed by atoms with Gasteiger partial charge in [0.15, 0.2) is 4.34 Å².